The summed E-state index contributed by atoms with van der Waals surface area (Å²) in [6.45, 7) is 6.90. The highest BCUT2D eigenvalue weighted by molar-refractivity contribution is 5.46. The molecule has 0 N–H and O–H groups in total. The number of nitro groups is 1. The molecule has 0 radical (unpaired) electrons. The smallest absolute Gasteiger partial charge is 0.310 e. The highest BCUT2D eigenvalue weighted by Crippen LogP contribution is 2.66. The number of hydrogen-bond donors (Lipinski definition) is 0. The summed E-state index contributed by atoms with van der Waals surface area (Å²) in [5.41, 5.74) is 0.430. The van der Waals surface area contributed by atoms with Crippen LogP contribution in [0.5, 0.6) is 5.75 Å². The molecule has 1 aromatic carbocycles. The zero-order chi connectivity index (χ0) is 14.5. The first-order chi connectivity index (χ1) is 9.36. The number of nitro benzene ring substituents is 1. The number of nitrogens with zero attached hydrogens (tertiary/aromatic N) is 1. The maximum absolute atomic E-state index is 11.1. The van der Waals surface area contributed by atoms with Gasteiger partial charge in [-0.15, -0.1) is 0 Å². The fourth-order valence-corrected chi connectivity index (χ4v) is 4.17. The third kappa shape index (κ3) is 1.67. The molecule has 2 saturated carbocycles. The van der Waals surface area contributed by atoms with Crippen LogP contribution in [0.1, 0.15) is 40.0 Å². The first-order valence-corrected chi connectivity index (χ1v) is 7.26. The lowest BCUT2D eigenvalue weighted by atomic mass is 9.70. The quantitative estimate of drug-likeness (QED) is 0.614. The van der Waals surface area contributed by atoms with Gasteiger partial charge in [0.05, 0.1) is 4.92 Å². The van der Waals surface area contributed by atoms with Gasteiger partial charge in [-0.2, -0.15) is 0 Å². The monoisotopic (exact) mass is 275 g/mol. The molecule has 0 heterocycles. The highest BCUT2D eigenvalue weighted by Gasteiger charge is 2.62. The second-order valence-corrected chi connectivity index (χ2v) is 6.94. The highest BCUT2D eigenvalue weighted by atomic mass is 16.6. The second-order valence-electron chi connectivity index (χ2n) is 6.94. The van der Waals surface area contributed by atoms with E-state index in [1.54, 1.807) is 18.2 Å². The first-order valence-electron chi connectivity index (χ1n) is 7.26. The summed E-state index contributed by atoms with van der Waals surface area (Å²) in [6.07, 6.45) is 3.49. The maximum Gasteiger partial charge on any atom is 0.310 e. The van der Waals surface area contributed by atoms with E-state index in [1.807, 2.05) is 0 Å². The van der Waals surface area contributed by atoms with E-state index in [9.17, 15) is 10.1 Å². The van der Waals surface area contributed by atoms with Crippen LogP contribution >= 0.6 is 0 Å². The molecule has 2 fully saturated rings. The predicted octanol–water partition coefficient (Wildman–Crippen LogP) is 4.19. The second kappa shape index (κ2) is 4.21. The number of rotatable bonds is 3. The van der Waals surface area contributed by atoms with Crippen molar-refractivity contribution in [3.8, 4) is 5.75 Å². The number of fused-ring (bicyclic) bond motifs is 2. The van der Waals surface area contributed by atoms with Crippen molar-refractivity contribution in [1.29, 1.82) is 0 Å². The van der Waals surface area contributed by atoms with Crippen molar-refractivity contribution in [3.05, 3.63) is 34.4 Å². The molecule has 2 aliphatic rings. The molecule has 0 unspecified atom stereocenters. The van der Waals surface area contributed by atoms with Gasteiger partial charge in [-0.25, -0.2) is 0 Å². The summed E-state index contributed by atoms with van der Waals surface area (Å²) < 4.78 is 6.10. The number of benzene rings is 1. The molecule has 20 heavy (non-hydrogen) atoms. The molecule has 2 aliphatic carbocycles. The molecule has 0 aliphatic heterocycles. The summed E-state index contributed by atoms with van der Waals surface area (Å²) in [5, 5.41) is 11.1. The van der Waals surface area contributed by atoms with Crippen LogP contribution in [0, 0.1) is 26.9 Å². The minimum atomic E-state index is -0.365. The normalized spacial score (nSPS) is 34.1. The Hall–Kier alpha value is -1.58. The van der Waals surface area contributed by atoms with Gasteiger partial charge in [-0.05, 0) is 36.7 Å². The van der Waals surface area contributed by atoms with Crippen LogP contribution in [0.4, 0.5) is 5.69 Å². The van der Waals surface area contributed by atoms with E-state index in [0.717, 1.165) is 12.8 Å². The first kappa shape index (κ1) is 13.4. The minimum Gasteiger partial charge on any atom is -0.483 e. The molecule has 108 valence electrons. The van der Waals surface area contributed by atoms with E-state index in [4.69, 9.17) is 4.74 Å². The van der Waals surface area contributed by atoms with Crippen molar-refractivity contribution in [1.82, 2.24) is 0 Å². The Labute approximate surface area is 119 Å². The van der Waals surface area contributed by atoms with E-state index in [-0.39, 0.29) is 27.5 Å². The third-order valence-electron chi connectivity index (χ3n) is 6.05. The summed E-state index contributed by atoms with van der Waals surface area (Å²) in [7, 11) is 0. The van der Waals surface area contributed by atoms with Gasteiger partial charge in [0, 0.05) is 11.5 Å². The van der Waals surface area contributed by atoms with Gasteiger partial charge in [0.2, 0.25) is 0 Å². The Morgan fingerprint density at radius 3 is 2.55 bits per heavy atom. The van der Waals surface area contributed by atoms with Crippen LogP contribution in [-0.4, -0.2) is 11.0 Å². The van der Waals surface area contributed by atoms with Gasteiger partial charge in [0.25, 0.3) is 0 Å². The Balaban J connectivity index is 1.89. The largest absolute Gasteiger partial charge is 0.483 e. The van der Waals surface area contributed by atoms with Crippen LogP contribution < -0.4 is 4.74 Å². The van der Waals surface area contributed by atoms with Crippen molar-refractivity contribution in [2.45, 2.75) is 46.1 Å². The molecule has 0 aromatic heterocycles. The van der Waals surface area contributed by atoms with E-state index in [1.165, 1.54) is 12.5 Å². The Morgan fingerprint density at radius 1 is 1.30 bits per heavy atom. The maximum atomic E-state index is 11.1. The summed E-state index contributed by atoms with van der Waals surface area (Å²) in [6, 6.07) is 6.69. The molecule has 0 amide bonds. The molecular formula is C16H21NO3. The van der Waals surface area contributed by atoms with Crippen molar-refractivity contribution < 1.29 is 9.66 Å². The van der Waals surface area contributed by atoms with Crippen LogP contribution in [0.2, 0.25) is 0 Å². The minimum absolute atomic E-state index is 0.0664. The molecule has 4 nitrogen and oxygen atoms in total. The average molecular weight is 275 g/mol. The lowest BCUT2D eigenvalue weighted by molar-refractivity contribution is -0.386. The topological polar surface area (TPSA) is 52.4 Å². The van der Waals surface area contributed by atoms with Crippen molar-refractivity contribution in [2.75, 3.05) is 0 Å². The van der Waals surface area contributed by atoms with E-state index >= 15 is 0 Å². The number of para-hydroxylation sites is 2. The van der Waals surface area contributed by atoms with Gasteiger partial charge in [-0.3, -0.25) is 10.1 Å². The van der Waals surface area contributed by atoms with Crippen LogP contribution in [0.3, 0.4) is 0 Å². The molecule has 1 aromatic rings. The summed E-state index contributed by atoms with van der Waals surface area (Å²) in [4.78, 5) is 10.7. The van der Waals surface area contributed by atoms with Crippen LogP contribution in [0.25, 0.3) is 0 Å². The lowest BCUT2D eigenvalue weighted by Gasteiger charge is -2.38. The molecule has 2 bridgehead atoms. The predicted molar refractivity (Wildman–Crippen MR) is 76.7 cm³/mol. The lowest BCUT2D eigenvalue weighted by Crippen LogP contribution is -2.38. The number of hydrogen-bond acceptors (Lipinski definition) is 3. The number of ether oxygens (including phenoxy) is 1. The van der Waals surface area contributed by atoms with E-state index in [2.05, 4.69) is 20.8 Å². The van der Waals surface area contributed by atoms with Crippen molar-refractivity contribution in [3.63, 3.8) is 0 Å². The van der Waals surface area contributed by atoms with Gasteiger partial charge in [0.1, 0.15) is 6.10 Å². The van der Waals surface area contributed by atoms with Crippen LogP contribution in [0.15, 0.2) is 24.3 Å². The van der Waals surface area contributed by atoms with Gasteiger partial charge in [-0.1, -0.05) is 32.9 Å². The zero-order valence-corrected chi connectivity index (χ0v) is 12.3. The van der Waals surface area contributed by atoms with Crippen molar-refractivity contribution in [2.24, 2.45) is 16.7 Å². The van der Waals surface area contributed by atoms with Crippen molar-refractivity contribution >= 4 is 5.69 Å². The van der Waals surface area contributed by atoms with E-state index in [0.29, 0.717) is 11.7 Å². The molecule has 3 atom stereocenters. The Kier molecular flexibility index (Phi) is 2.82. The van der Waals surface area contributed by atoms with Gasteiger partial charge < -0.3 is 4.74 Å². The molecule has 4 heteroatoms. The zero-order valence-electron chi connectivity index (χ0n) is 12.3. The van der Waals surface area contributed by atoms with E-state index < -0.39 is 0 Å². The molecule has 0 saturated heterocycles. The Morgan fingerprint density at radius 2 is 2.00 bits per heavy atom. The molecule has 3 rings (SSSR count). The van der Waals surface area contributed by atoms with Gasteiger partial charge >= 0.3 is 5.69 Å². The molecular weight excluding hydrogens is 254 g/mol. The van der Waals surface area contributed by atoms with Crippen LogP contribution in [-0.2, 0) is 0 Å². The fraction of sp³-hybridized carbons (Fsp3) is 0.625. The summed E-state index contributed by atoms with van der Waals surface area (Å²) >= 11 is 0. The summed E-state index contributed by atoms with van der Waals surface area (Å²) in [5.74, 6) is 1.08. The fourth-order valence-electron chi connectivity index (χ4n) is 4.17. The third-order valence-corrected chi connectivity index (χ3v) is 6.05. The SMILES string of the molecule is CC1(C)[C@H]2CC[C@]1(C)[C@H](Oc1ccccc1[N+](=O)[O-])C2. The van der Waals surface area contributed by atoms with Gasteiger partial charge in [0.15, 0.2) is 5.75 Å². The Bertz CT molecular complexity index is 554. The average Bonchev–Trinajstić information content (AvgIpc) is 2.72. The standard InChI is InChI=1S/C16H21NO3/c1-15(2)11-8-9-16(15,3)14(10-11)20-13-7-5-4-6-12(13)17(18)19/h4-7,11,14H,8-10H2,1-3H3/t11-,14+,16+/m0/s1. The molecule has 0 spiro atoms.